The van der Waals surface area contributed by atoms with Crippen LogP contribution in [-0.4, -0.2) is 19.7 Å². The number of hydrogen-bond acceptors (Lipinski definition) is 3. The van der Waals surface area contributed by atoms with E-state index in [1.807, 2.05) is 36.4 Å². The molecule has 0 N–H and O–H groups in total. The highest BCUT2D eigenvalue weighted by molar-refractivity contribution is 5.83. The summed E-state index contributed by atoms with van der Waals surface area (Å²) in [6.07, 6.45) is 4.10. The van der Waals surface area contributed by atoms with Crippen LogP contribution in [0, 0.1) is 0 Å². The van der Waals surface area contributed by atoms with Gasteiger partial charge in [-0.25, -0.2) is 0 Å². The third-order valence-corrected chi connectivity index (χ3v) is 2.89. The van der Waals surface area contributed by atoms with Gasteiger partial charge in [0.05, 0.1) is 13.4 Å². The van der Waals surface area contributed by atoms with E-state index in [4.69, 9.17) is 9.47 Å². The normalized spacial score (nSPS) is 23.6. The van der Waals surface area contributed by atoms with Crippen molar-refractivity contribution in [1.82, 2.24) is 0 Å². The number of benzene rings is 1. The van der Waals surface area contributed by atoms with Crippen LogP contribution in [0.3, 0.4) is 0 Å². The fourth-order valence-corrected chi connectivity index (χ4v) is 1.98. The van der Waals surface area contributed by atoms with Crippen molar-refractivity contribution in [3.05, 3.63) is 48.2 Å². The molecule has 84 valence electrons. The second-order valence-electron chi connectivity index (χ2n) is 3.83. The maximum absolute atomic E-state index is 12.0. The fraction of sp³-hybridized carbons (Fsp3) is 0.308. The van der Waals surface area contributed by atoms with Crippen LogP contribution in [0.15, 0.2) is 42.7 Å². The maximum atomic E-state index is 12.0. The first-order chi connectivity index (χ1) is 7.79. The molecule has 0 fully saturated rings. The summed E-state index contributed by atoms with van der Waals surface area (Å²) in [6.45, 7) is 0.334. The van der Waals surface area contributed by atoms with Crippen LogP contribution >= 0.6 is 0 Å². The molecule has 1 aromatic carbocycles. The molecule has 3 nitrogen and oxygen atoms in total. The van der Waals surface area contributed by atoms with Crippen molar-refractivity contribution in [2.75, 3.05) is 13.7 Å². The number of carbonyl (C=O) groups is 1. The summed E-state index contributed by atoms with van der Waals surface area (Å²) >= 11 is 0. The molecule has 1 aliphatic heterocycles. The number of methoxy groups -OCH3 is 1. The van der Waals surface area contributed by atoms with Crippen molar-refractivity contribution >= 4 is 5.97 Å². The molecular weight excluding hydrogens is 204 g/mol. The molecule has 2 rings (SSSR count). The molecule has 1 heterocycles. The van der Waals surface area contributed by atoms with Crippen LogP contribution in [0.1, 0.15) is 12.0 Å². The number of allylic oxidation sites excluding steroid dienone is 1. The molecule has 16 heavy (non-hydrogen) atoms. The van der Waals surface area contributed by atoms with E-state index in [1.165, 1.54) is 7.11 Å². The molecule has 0 aliphatic carbocycles. The van der Waals surface area contributed by atoms with Crippen LogP contribution in [0.4, 0.5) is 0 Å². The summed E-state index contributed by atoms with van der Waals surface area (Å²) in [4.78, 5) is 12.0. The smallest absolute Gasteiger partial charge is 0.320 e. The van der Waals surface area contributed by atoms with Gasteiger partial charge in [0.15, 0.2) is 0 Å². The highest BCUT2D eigenvalue weighted by Crippen LogP contribution is 2.32. The van der Waals surface area contributed by atoms with Crippen molar-refractivity contribution in [2.45, 2.75) is 11.8 Å². The molecular formula is C13H14O3. The fourth-order valence-electron chi connectivity index (χ4n) is 1.98. The third kappa shape index (κ3) is 1.69. The predicted octanol–water partition coefficient (Wildman–Crippen LogP) is 2.03. The van der Waals surface area contributed by atoms with Crippen LogP contribution in [-0.2, 0) is 19.7 Å². The topological polar surface area (TPSA) is 35.5 Å². The van der Waals surface area contributed by atoms with E-state index >= 15 is 0 Å². The second kappa shape index (κ2) is 4.39. The Morgan fingerprint density at radius 2 is 2.12 bits per heavy atom. The number of hydrogen-bond donors (Lipinski definition) is 0. The molecule has 1 atom stereocenters. The van der Waals surface area contributed by atoms with Crippen molar-refractivity contribution in [2.24, 2.45) is 0 Å². The Labute approximate surface area is 94.7 Å². The summed E-state index contributed by atoms with van der Waals surface area (Å²) in [5, 5.41) is 0. The first-order valence-electron chi connectivity index (χ1n) is 5.20. The number of ether oxygens (including phenoxy) is 2. The maximum Gasteiger partial charge on any atom is 0.320 e. The lowest BCUT2D eigenvalue weighted by Crippen LogP contribution is -2.42. The largest absolute Gasteiger partial charge is 0.500 e. The van der Waals surface area contributed by atoms with Gasteiger partial charge in [-0.1, -0.05) is 30.3 Å². The standard InChI is InChI=1S/C13H14O3/c1-15-12(14)13(8-5-9-16-10-13)11-6-3-2-4-7-11/h2-7,9H,8,10H2,1H3. The average molecular weight is 218 g/mol. The lowest BCUT2D eigenvalue weighted by molar-refractivity contribution is -0.149. The number of carbonyl (C=O) groups excluding carboxylic acids is 1. The van der Waals surface area contributed by atoms with Gasteiger partial charge in [0, 0.05) is 0 Å². The molecule has 3 heteroatoms. The van der Waals surface area contributed by atoms with E-state index in [9.17, 15) is 4.79 Å². The molecule has 0 bridgehead atoms. The first kappa shape index (κ1) is 10.7. The minimum absolute atomic E-state index is 0.247. The molecule has 0 saturated carbocycles. The van der Waals surface area contributed by atoms with Crippen LogP contribution in [0.25, 0.3) is 0 Å². The monoisotopic (exact) mass is 218 g/mol. The van der Waals surface area contributed by atoms with Gasteiger partial charge in [0.2, 0.25) is 0 Å². The SMILES string of the molecule is COC(=O)C1(c2ccccc2)CC=COC1. The van der Waals surface area contributed by atoms with Gasteiger partial charge >= 0.3 is 5.97 Å². The Morgan fingerprint density at radius 3 is 2.69 bits per heavy atom. The van der Waals surface area contributed by atoms with E-state index < -0.39 is 5.41 Å². The number of rotatable bonds is 2. The van der Waals surface area contributed by atoms with E-state index in [0.717, 1.165) is 5.56 Å². The van der Waals surface area contributed by atoms with Gasteiger partial charge in [-0.15, -0.1) is 0 Å². The summed E-state index contributed by atoms with van der Waals surface area (Å²) in [5.74, 6) is -0.247. The molecule has 0 radical (unpaired) electrons. The lowest BCUT2D eigenvalue weighted by atomic mass is 9.77. The Hall–Kier alpha value is -1.77. The zero-order chi connectivity index (χ0) is 11.4. The molecule has 0 aromatic heterocycles. The zero-order valence-electron chi connectivity index (χ0n) is 9.18. The van der Waals surface area contributed by atoms with E-state index in [-0.39, 0.29) is 5.97 Å². The van der Waals surface area contributed by atoms with Crippen molar-refractivity contribution < 1.29 is 14.3 Å². The van der Waals surface area contributed by atoms with Gasteiger partial charge < -0.3 is 9.47 Å². The van der Waals surface area contributed by atoms with Crippen LogP contribution < -0.4 is 0 Å². The summed E-state index contributed by atoms with van der Waals surface area (Å²) in [6, 6.07) is 9.61. The zero-order valence-corrected chi connectivity index (χ0v) is 9.18. The Bertz CT molecular complexity index is 397. The van der Waals surface area contributed by atoms with E-state index in [2.05, 4.69) is 0 Å². The third-order valence-electron chi connectivity index (χ3n) is 2.89. The molecule has 0 spiro atoms. The van der Waals surface area contributed by atoms with Crippen molar-refractivity contribution in [1.29, 1.82) is 0 Å². The Morgan fingerprint density at radius 1 is 1.38 bits per heavy atom. The van der Waals surface area contributed by atoms with Crippen molar-refractivity contribution in [3.63, 3.8) is 0 Å². The van der Waals surface area contributed by atoms with Gasteiger partial charge in [0.1, 0.15) is 12.0 Å². The summed E-state index contributed by atoms with van der Waals surface area (Å²) in [5.41, 5.74) is 0.247. The van der Waals surface area contributed by atoms with Gasteiger partial charge in [-0.3, -0.25) is 4.79 Å². The van der Waals surface area contributed by atoms with E-state index in [1.54, 1.807) is 6.26 Å². The molecule has 0 saturated heterocycles. The van der Waals surface area contributed by atoms with E-state index in [0.29, 0.717) is 13.0 Å². The molecule has 0 amide bonds. The van der Waals surface area contributed by atoms with Crippen molar-refractivity contribution in [3.8, 4) is 0 Å². The van der Waals surface area contributed by atoms with Gasteiger partial charge in [-0.2, -0.15) is 0 Å². The second-order valence-corrected chi connectivity index (χ2v) is 3.83. The highest BCUT2D eigenvalue weighted by atomic mass is 16.5. The minimum Gasteiger partial charge on any atom is -0.500 e. The Kier molecular flexibility index (Phi) is 2.95. The van der Waals surface area contributed by atoms with Gasteiger partial charge in [0.25, 0.3) is 0 Å². The van der Waals surface area contributed by atoms with Crippen LogP contribution in [0.2, 0.25) is 0 Å². The number of esters is 1. The molecule has 1 unspecified atom stereocenters. The Balaban J connectivity index is 2.42. The minimum atomic E-state index is -0.690. The molecule has 1 aliphatic rings. The summed E-state index contributed by atoms with van der Waals surface area (Å²) < 4.78 is 10.2. The highest BCUT2D eigenvalue weighted by Gasteiger charge is 2.42. The average Bonchev–Trinajstić information content (AvgIpc) is 2.39. The lowest BCUT2D eigenvalue weighted by Gasteiger charge is -2.31. The first-order valence-corrected chi connectivity index (χ1v) is 5.20. The quantitative estimate of drug-likeness (QED) is 0.712. The van der Waals surface area contributed by atoms with Gasteiger partial charge in [-0.05, 0) is 18.1 Å². The summed E-state index contributed by atoms with van der Waals surface area (Å²) in [7, 11) is 1.41. The predicted molar refractivity (Wildman–Crippen MR) is 59.8 cm³/mol. The molecule has 1 aromatic rings. The van der Waals surface area contributed by atoms with Crippen LogP contribution in [0.5, 0.6) is 0 Å².